The van der Waals surface area contributed by atoms with E-state index in [4.69, 9.17) is 4.42 Å². The van der Waals surface area contributed by atoms with Crippen LogP contribution >= 0.6 is 11.3 Å². The van der Waals surface area contributed by atoms with Gasteiger partial charge in [0.25, 0.3) is 0 Å². The van der Waals surface area contributed by atoms with E-state index >= 15 is 0 Å². The molecule has 5 heteroatoms. The fourth-order valence-corrected chi connectivity index (χ4v) is 3.23. The van der Waals surface area contributed by atoms with Gasteiger partial charge in [-0.25, -0.2) is 4.79 Å². The van der Waals surface area contributed by atoms with E-state index in [0.29, 0.717) is 5.76 Å². The smallest absolute Gasteiger partial charge is 0.354 e. The van der Waals surface area contributed by atoms with E-state index in [2.05, 4.69) is 5.32 Å². The van der Waals surface area contributed by atoms with Crippen LogP contribution in [0, 0.1) is 11.3 Å². The Bertz CT molecular complexity index is 692. The maximum atomic E-state index is 12.0. The number of nitrogens with one attached hydrogen (secondary N) is 1. The summed E-state index contributed by atoms with van der Waals surface area (Å²) in [5.41, 5.74) is 0.359. The molecule has 3 heterocycles. The van der Waals surface area contributed by atoms with Crippen molar-refractivity contribution >= 4 is 11.3 Å². The van der Waals surface area contributed by atoms with Crippen molar-refractivity contribution in [1.82, 2.24) is 5.32 Å². The lowest BCUT2D eigenvalue weighted by Crippen LogP contribution is -2.28. The molecule has 0 amide bonds. The van der Waals surface area contributed by atoms with E-state index in [9.17, 15) is 10.1 Å². The van der Waals surface area contributed by atoms with Crippen molar-refractivity contribution in [3.05, 3.63) is 45.1 Å². The number of rotatable bonds is 2. The van der Waals surface area contributed by atoms with Crippen molar-refractivity contribution < 1.29 is 4.42 Å². The Morgan fingerprint density at radius 3 is 3.00 bits per heavy atom. The lowest BCUT2D eigenvalue weighted by atomic mass is 9.95. The van der Waals surface area contributed by atoms with Gasteiger partial charge >= 0.3 is 5.63 Å². The van der Waals surface area contributed by atoms with Gasteiger partial charge in [0.2, 0.25) is 0 Å². The van der Waals surface area contributed by atoms with Crippen LogP contribution in [0.1, 0.15) is 36.4 Å². The third-order valence-corrected chi connectivity index (χ3v) is 4.43. The Hall–Kier alpha value is -1.90. The molecule has 0 radical (unpaired) electrons. The molecule has 1 saturated heterocycles. The zero-order chi connectivity index (χ0) is 13.9. The summed E-state index contributed by atoms with van der Waals surface area (Å²) < 4.78 is 5.28. The van der Waals surface area contributed by atoms with E-state index < -0.39 is 5.63 Å². The summed E-state index contributed by atoms with van der Waals surface area (Å²) in [6, 6.07) is 7.73. The van der Waals surface area contributed by atoms with E-state index in [1.807, 2.05) is 29.6 Å². The van der Waals surface area contributed by atoms with Crippen LogP contribution in [-0.2, 0) is 0 Å². The highest BCUT2D eigenvalue weighted by molar-refractivity contribution is 7.13. The van der Waals surface area contributed by atoms with Gasteiger partial charge in [-0.3, -0.25) is 0 Å². The van der Waals surface area contributed by atoms with Gasteiger partial charge in [0.05, 0.1) is 4.88 Å². The molecule has 1 aliphatic rings. The van der Waals surface area contributed by atoms with Crippen molar-refractivity contribution in [3.8, 4) is 16.7 Å². The van der Waals surface area contributed by atoms with Crippen LogP contribution in [0.3, 0.4) is 0 Å². The zero-order valence-electron chi connectivity index (χ0n) is 10.9. The lowest BCUT2D eigenvalue weighted by Gasteiger charge is -2.24. The molecule has 0 spiro atoms. The maximum absolute atomic E-state index is 12.0. The Morgan fingerprint density at radius 1 is 1.45 bits per heavy atom. The minimum absolute atomic E-state index is 0.0706. The van der Waals surface area contributed by atoms with Gasteiger partial charge in [-0.1, -0.05) is 12.5 Å². The second-order valence-electron chi connectivity index (χ2n) is 4.82. The number of piperidine rings is 1. The van der Waals surface area contributed by atoms with Crippen LogP contribution in [0.25, 0.3) is 10.6 Å². The van der Waals surface area contributed by atoms with E-state index in [1.54, 1.807) is 0 Å². The summed E-state index contributed by atoms with van der Waals surface area (Å²) in [4.78, 5) is 12.9. The fraction of sp³-hybridized carbons (Fsp3) is 0.333. The molecule has 20 heavy (non-hydrogen) atoms. The highest BCUT2D eigenvalue weighted by Gasteiger charge is 2.22. The molecule has 2 aromatic rings. The highest BCUT2D eigenvalue weighted by atomic mass is 32.1. The van der Waals surface area contributed by atoms with Gasteiger partial charge in [-0.15, -0.1) is 11.3 Å². The number of thiophene rings is 1. The zero-order valence-corrected chi connectivity index (χ0v) is 11.7. The SMILES string of the molecule is N#Cc1c(C2CCCCN2)cc(-c2cccs2)oc1=O. The molecule has 0 bridgehead atoms. The summed E-state index contributed by atoms with van der Waals surface area (Å²) in [5, 5.41) is 14.5. The molecule has 0 aliphatic carbocycles. The molecule has 2 aromatic heterocycles. The molecule has 1 unspecified atom stereocenters. The van der Waals surface area contributed by atoms with Gasteiger partial charge in [0, 0.05) is 6.04 Å². The third kappa shape index (κ3) is 2.40. The molecule has 1 N–H and O–H groups in total. The summed E-state index contributed by atoms with van der Waals surface area (Å²) in [5.74, 6) is 0.548. The Labute approximate surface area is 120 Å². The second-order valence-corrected chi connectivity index (χ2v) is 5.77. The fourth-order valence-electron chi connectivity index (χ4n) is 2.55. The molecule has 1 atom stereocenters. The maximum Gasteiger partial charge on any atom is 0.354 e. The predicted molar refractivity (Wildman–Crippen MR) is 77.6 cm³/mol. The van der Waals surface area contributed by atoms with Crippen molar-refractivity contribution in [2.75, 3.05) is 6.54 Å². The molecule has 0 aromatic carbocycles. The predicted octanol–water partition coefficient (Wildman–Crippen LogP) is 3.05. The largest absolute Gasteiger partial charge is 0.421 e. The first kappa shape index (κ1) is 13.1. The number of nitriles is 1. The summed E-state index contributed by atoms with van der Waals surface area (Å²) >= 11 is 1.52. The van der Waals surface area contributed by atoms with Gasteiger partial charge in [-0.05, 0) is 42.5 Å². The van der Waals surface area contributed by atoms with Crippen LogP contribution in [0.5, 0.6) is 0 Å². The molecule has 102 valence electrons. The monoisotopic (exact) mass is 286 g/mol. The van der Waals surface area contributed by atoms with Crippen molar-refractivity contribution in [2.45, 2.75) is 25.3 Å². The van der Waals surface area contributed by atoms with Crippen molar-refractivity contribution in [2.24, 2.45) is 0 Å². The average molecular weight is 286 g/mol. The average Bonchev–Trinajstić information content (AvgIpc) is 3.01. The Balaban J connectivity index is 2.11. The standard InChI is InChI=1S/C15H14N2O2S/c16-9-11-10(12-4-1-2-6-17-12)8-13(19-15(11)18)14-5-3-7-20-14/h3,5,7-8,12,17H,1-2,4,6H2. The normalized spacial score (nSPS) is 18.6. The van der Waals surface area contributed by atoms with Crippen molar-refractivity contribution in [1.29, 1.82) is 5.26 Å². The minimum Gasteiger partial charge on any atom is -0.421 e. The van der Waals surface area contributed by atoms with Crippen LogP contribution in [0.2, 0.25) is 0 Å². The Kier molecular flexibility index (Phi) is 3.68. The van der Waals surface area contributed by atoms with E-state index in [0.717, 1.165) is 36.2 Å². The van der Waals surface area contributed by atoms with Gasteiger partial charge < -0.3 is 9.73 Å². The first-order valence-electron chi connectivity index (χ1n) is 6.65. The molecule has 1 fully saturated rings. The van der Waals surface area contributed by atoms with Crippen molar-refractivity contribution in [3.63, 3.8) is 0 Å². The highest BCUT2D eigenvalue weighted by Crippen LogP contribution is 2.30. The van der Waals surface area contributed by atoms with Gasteiger partial charge in [0.15, 0.2) is 0 Å². The number of hydrogen-bond acceptors (Lipinski definition) is 5. The summed E-state index contributed by atoms with van der Waals surface area (Å²) in [7, 11) is 0. The van der Waals surface area contributed by atoms with Crippen LogP contribution in [0.15, 0.2) is 32.8 Å². The first-order valence-corrected chi connectivity index (χ1v) is 7.53. The van der Waals surface area contributed by atoms with E-state index in [1.165, 1.54) is 11.3 Å². The minimum atomic E-state index is -0.541. The van der Waals surface area contributed by atoms with Crippen LogP contribution in [-0.4, -0.2) is 6.54 Å². The topological polar surface area (TPSA) is 66.0 Å². The van der Waals surface area contributed by atoms with Crippen LogP contribution < -0.4 is 10.9 Å². The number of nitrogens with zero attached hydrogens (tertiary/aromatic N) is 1. The van der Waals surface area contributed by atoms with Crippen LogP contribution in [0.4, 0.5) is 0 Å². The second kappa shape index (κ2) is 5.61. The number of hydrogen-bond donors (Lipinski definition) is 1. The van der Waals surface area contributed by atoms with E-state index in [-0.39, 0.29) is 11.6 Å². The summed E-state index contributed by atoms with van der Waals surface area (Å²) in [6.07, 6.45) is 3.19. The molecule has 4 nitrogen and oxygen atoms in total. The first-order chi connectivity index (χ1) is 9.79. The van der Waals surface area contributed by atoms with Gasteiger partial charge in [-0.2, -0.15) is 5.26 Å². The quantitative estimate of drug-likeness (QED) is 0.921. The summed E-state index contributed by atoms with van der Waals surface area (Å²) in [6.45, 7) is 0.921. The molecule has 3 rings (SSSR count). The third-order valence-electron chi connectivity index (χ3n) is 3.54. The molecule has 0 saturated carbocycles. The molecular weight excluding hydrogens is 272 g/mol. The molecule has 1 aliphatic heterocycles. The Morgan fingerprint density at radius 2 is 2.35 bits per heavy atom. The molecular formula is C15H14N2O2S. The lowest BCUT2D eigenvalue weighted by molar-refractivity contribution is 0.407. The van der Waals surface area contributed by atoms with Gasteiger partial charge in [0.1, 0.15) is 17.4 Å².